The number of hydrogen-bond acceptors (Lipinski definition) is 6. The third-order valence-corrected chi connectivity index (χ3v) is 5.52. The van der Waals surface area contributed by atoms with Crippen LogP contribution in [0.25, 0.3) is 0 Å². The largest absolute Gasteiger partial charge is 0.378 e. The van der Waals surface area contributed by atoms with Crippen LogP contribution in [0.3, 0.4) is 0 Å². The molecule has 0 radical (unpaired) electrons. The Kier molecular flexibility index (Phi) is 7.44. The molecule has 1 N–H and O–H groups in total. The number of likely N-dealkylation sites (N-methyl/N-ethyl adjacent to an activating group) is 1. The quantitative estimate of drug-likeness (QED) is 0.715. The first-order valence-electron chi connectivity index (χ1n) is 10.5. The van der Waals surface area contributed by atoms with E-state index in [1.807, 2.05) is 26.0 Å². The van der Waals surface area contributed by atoms with Crippen molar-refractivity contribution in [2.45, 2.75) is 32.4 Å². The van der Waals surface area contributed by atoms with Crippen LogP contribution < -0.4 is 10.2 Å². The molecule has 0 bridgehead atoms. The summed E-state index contributed by atoms with van der Waals surface area (Å²) in [5.41, 5.74) is 1.54. The number of nitrogens with zero attached hydrogens (tertiary/aromatic N) is 2. The lowest BCUT2D eigenvalue weighted by atomic mass is 10.0. The van der Waals surface area contributed by atoms with Gasteiger partial charge in [-0.05, 0) is 36.6 Å². The lowest BCUT2D eigenvalue weighted by molar-refractivity contribution is -0.138. The number of carbonyl (C=O) groups excluding carboxylic acids is 3. The van der Waals surface area contributed by atoms with E-state index in [1.165, 1.54) is 4.90 Å². The lowest BCUT2D eigenvalue weighted by Crippen LogP contribution is -2.52. The minimum atomic E-state index is -0.699. The van der Waals surface area contributed by atoms with Crippen molar-refractivity contribution in [1.82, 2.24) is 10.2 Å². The van der Waals surface area contributed by atoms with Gasteiger partial charge in [-0.15, -0.1) is 0 Å². The average molecular weight is 418 g/mol. The molecule has 2 aliphatic heterocycles. The van der Waals surface area contributed by atoms with Crippen molar-refractivity contribution in [3.05, 3.63) is 29.8 Å². The average Bonchev–Trinajstić information content (AvgIpc) is 3.18. The molecule has 1 aromatic rings. The molecule has 30 heavy (non-hydrogen) atoms. The van der Waals surface area contributed by atoms with Crippen LogP contribution >= 0.6 is 0 Å². The van der Waals surface area contributed by atoms with Gasteiger partial charge in [-0.3, -0.25) is 14.4 Å². The van der Waals surface area contributed by atoms with Crippen molar-refractivity contribution in [2.75, 3.05) is 51.5 Å². The van der Waals surface area contributed by atoms with Crippen molar-refractivity contribution in [3.63, 3.8) is 0 Å². The molecule has 2 aliphatic rings. The molecule has 3 rings (SSSR count). The molecule has 2 unspecified atom stereocenters. The van der Waals surface area contributed by atoms with Gasteiger partial charge in [0.2, 0.25) is 5.91 Å². The first-order valence-corrected chi connectivity index (χ1v) is 10.5. The zero-order valence-corrected chi connectivity index (χ0v) is 17.9. The first kappa shape index (κ1) is 22.2. The Labute approximate surface area is 177 Å². The van der Waals surface area contributed by atoms with Crippen LogP contribution in [0, 0.1) is 5.92 Å². The standard InChI is InChI=1S/C22H31N3O5/c1-15(2)12-18(22(28)24(3)19-13-30-14-20(19)26)23-21(27)16-4-6-17(7-5-16)25-8-10-29-11-9-25/h4-7,15,18-19H,8-14H2,1-3H3,(H,23,27). The highest BCUT2D eigenvalue weighted by Crippen LogP contribution is 2.18. The summed E-state index contributed by atoms with van der Waals surface area (Å²) in [4.78, 5) is 41.4. The zero-order valence-electron chi connectivity index (χ0n) is 17.9. The third-order valence-electron chi connectivity index (χ3n) is 5.52. The number of nitrogens with one attached hydrogen (secondary N) is 1. The van der Waals surface area contributed by atoms with E-state index in [2.05, 4.69) is 10.2 Å². The van der Waals surface area contributed by atoms with Crippen molar-refractivity contribution in [1.29, 1.82) is 0 Å². The Balaban J connectivity index is 1.67. The molecule has 0 saturated carbocycles. The number of benzene rings is 1. The van der Waals surface area contributed by atoms with Crippen LogP contribution in [0.15, 0.2) is 24.3 Å². The summed E-state index contributed by atoms with van der Waals surface area (Å²) in [6.07, 6.45) is 0.489. The molecule has 2 fully saturated rings. The Hall–Kier alpha value is -2.45. The summed E-state index contributed by atoms with van der Waals surface area (Å²) in [5.74, 6) is -0.484. The number of carbonyl (C=O) groups is 3. The minimum Gasteiger partial charge on any atom is -0.378 e. The number of ketones is 1. The normalized spacial score (nSPS) is 20.3. The molecule has 2 atom stereocenters. The Morgan fingerprint density at radius 1 is 1.17 bits per heavy atom. The SMILES string of the molecule is CC(C)CC(NC(=O)c1ccc(N2CCOCC2)cc1)C(=O)N(C)C1COCC1=O. The number of hydrogen-bond donors (Lipinski definition) is 1. The molecule has 0 aromatic heterocycles. The van der Waals surface area contributed by atoms with Crippen LogP contribution in [-0.4, -0.2) is 81.1 Å². The van der Waals surface area contributed by atoms with Crippen LogP contribution in [0.2, 0.25) is 0 Å². The van der Waals surface area contributed by atoms with Crippen molar-refractivity contribution >= 4 is 23.3 Å². The van der Waals surface area contributed by atoms with Crippen LogP contribution in [0.5, 0.6) is 0 Å². The fourth-order valence-electron chi connectivity index (χ4n) is 3.77. The first-order chi connectivity index (χ1) is 14.4. The molecule has 8 nitrogen and oxygen atoms in total. The Morgan fingerprint density at radius 2 is 1.83 bits per heavy atom. The lowest BCUT2D eigenvalue weighted by Gasteiger charge is -2.29. The predicted octanol–water partition coefficient (Wildman–Crippen LogP) is 1.09. The van der Waals surface area contributed by atoms with Crippen molar-refractivity contribution in [2.24, 2.45) is 5.92 Å². The van der Waals surface area contributed by atoms with Gasteiger partial charge in [0.15, 0.2) is 5.78 Å². The smallest absolute Gasteiger partial charge is 0.251 e. The molecule has 164 valence electrons. The molecule has 1 aromatic carbocycles. The van der Waals surface area contributed by atoms with E-state index >= 15 is 0 Å². The summed E-state index contributed by atoms with van der Waals surface area (Å²) in [7, 11) is 1.59. The summed E-state index contributed by atoms with van der Waals surface area (Å²) < 4.78 is 10.5. The van der Waals surface area contributed by atoms with Gasteiger partial charge in [-0.1, -0.05) is 13.8 Å². The predicted molar refractivity (Wildman–Crippen MR) is 113 cm³/mol. The van der Waals surface area contributed by atoms with E-state index in [0.717, 1.165) is 18.8 Å². The molecular formula is C22H31N3O5. The highest BCUT2D eigenvalue weighted by Gasteiger charge is 2.35. The number of rotatable bonds is 7. The van der Waals surface area contributed by atoms with Gasteiger partial charge < -0.3 is 24.6 Å². The zero-order chi connectivity index (χ0) is 21.7. The Bertz CT molecular complexity index is 759. The van der Waals surface area contributed by atoms with Gasteiger partial charge in [-0.25, -0.2) is 0 Å². The topological polar surface area (TPSA) is 88.2 Å². The van der Waals surface area contributed by atoms with E-state index < -0.39 is 12.1 Å². The van der Waals surface area contributed by atoms with E-state index in [9.17, 15) is 14.4 Å². The van der Waals surface area contributed by atoms with Gasteiger partial charge in [0.1, 0.15) is 18.7 Å². The van der Waals surface area contributed by atoms with Gasteiger partial charge in [0.25, 0.3) is 5.91 Å². The van der Waals surface area contributed by atoms with E-state index in [-0.39, 0.29) is 36.7 Å². The third kappa shape index (κ3) is 5.37. The highest BCUT2D eigenvalue weighted by atomic mass is 16.5. The number of anilines is 1. The van der Waals surface area contributed by atoms with Crippen LogP contribution in [0.1, 0.15) is 30.6 Å². The maximum atomic E-state index is 13.0. The van der Waals surface area contributed by atoms with Gasteiger partial charge >= 0.3 is 0 Å². The highest BCUT2D eigenvalue weighted by molar-refractivity contribution is 5.99. The molecule has 8 heteroatoms. The maximum absolute atomic E-state index is 13.0. The summed E-state index contributed by atoms with van der Waals surface area (Å²) >= 11 is 0. The van der Waals surface area contributed by atoms with E-state index in [1.54, 1.807) is 19.2 Å². The summed E-state index contributed by atoms with van der Waals surface area (Å²) in [6.45, 7) is 7.26. The fourth-order valence-corrected chi connectivity index (χ4v) is 3.77. The molecule has 2 saturated heterocycles. The number of morpholine rings is 1. The van der Waals surface area contributed by atoms with Gasteiger partial charge in [0, 0.05) is 31.4 Å². The fraction of sp³-hybridized carbons (Fsp3) is 0.591. The van der Waals surface area contributed by atoms with Gasteiger partial charge in [-0.2, -0.15) is 0 Å². The van der Waals surface area contributed by atoms with Gasteiger partial charge in [0.05, 0.1) is 19.8 Å². The van der Waals surface area contributed by atoms with Crippen LogP contribution in [-0.2, 0) is 19.1 Å². The minimum absolute atomic E-state index is 0.0268. The molecule has 2 heterocycles. The summed E-state index contributed by atoms with van der Waals surface area (Å²) in [5, 5.41) is 2.87. The molecule has 2 amide bonds. The number of Topliss-reactive ketones (excluding diaryl/α,β-unsaturated/α-hetero) is 1. The maximum Gasteiger partial charge on any atom is 0.251 e. The second-order valence-corrected chi connectivity index (χ2v) is 8.25. The second-order valence-electron chi connectivity index (χ2n) is 8.25. The Morgan fingerprint density at radius 3 is 2.40 bits per heavy atom. The number of ether oxygens (including phenoxy) is 2. The van der Waals surface area contributed by atoms with Crippen molar-refractivity contribution < 1.29 is 23.9 Å². The second kappa shape index (κ2) is 10.0. The van der Waals surface area contributed by atoms with E-state index in [0.29, 0.717) is 25.2 Å². The number of amides is 2. The van der Waals surface area contributed by atoms with E-state index in [4.69, 9.17) is 9.47 Å². The molecule has 0 aliphatic carbocycles. The van der Waals surface area contributed by atoms with Crippen LogP contribution in [0.4, 0.5) is 5.69 Å². The monoisotopic (exact) mass is 417 g/mol. The summed E-state index contributed by atoms with van der Waals surface area (Å²) in [6, 6.07) is 6.09. The molecule has 0 spiro atoms. The molecular weight excluding hydrogens is 386 g/mol. The van der Waals surface area contributed by atoms with Crippen molar-refractivity contribution in [3.8, 4) is 0 Å².